The van der Waals surface area contributed by atoms with Gasteiger partial charge in [-0.15, -0.1) is 0 Å². The molecule has 4 heteroatoms. The molecule has 18 heavy (non-hydrogen) atoms. The van der Waals surface area contributed by atoms with Gasteiger partial charge in [-0.1, -0.05) is 17.7 Å². The van der Waals surface area contributed by atoms with Crippen molar-refractivity contribution in [2.24, 2.45) is 7.05 Å². The molecule has 0 radical (unpaired) electrons. The third kappa shape index (κ3) is 1.92. The maximum absolute atomic E-state index is 6.38. The van der Waals surface area contributed by atoms with E-state index in [0.717, 1.165) is 24.7 Å². The number of rotatable bonds is 1. The first-order valence-electron chi connectivity index (χ1n) is 6.32. The second-order valence-corrected chi connectivity index (χ2v) is 5.51. The molecule has 0 saturated carbocycles. The Morgan fingerprint density at radius 1 is 1.33 bits per heavy atom. The first-order chi connectivity index (χ1) is 8.66. The molecule has 1 unspecified atom stereocenters. The second kappa shape index (κ2) is 4.57. The quantitative estimate of drug-likeness (QED) is 0.853. The Labute approximate surface area is 112 Å². The summed E-state index contributed by atoms with van der Waals surface area (Å²) in [6, 6.07) is 6.47. The number of nitrogens with one attached hydrogen (secondary N) is 1. The Morgan fingerprint density at radius 3 is 2.94 bits per heavy atom. The van der Waals surface area contributed by atoms with Crippen molar-refractivity contribution >= 4 is 22.5 Å². The summed E-state index contributed by atoms with van der Waals surface area (Å²) in [6.07, 6.45) is 2.20. The van der Waals surface area contributed by atoms with Crippen LogP contribution in [0.2, 0.25) is 5.02 Å². The van der Waals surface area contributed by atoms with Crippen LogP contribution in [0.25, 0.3) is 10.9 Å². The van der Waals surface area contributed by atoms with Crippen molar-refractivity contribution in [1.29, 1.82) is 0 Å². The summed E-state index contributed by atoms with van der Waals surface area (Å²) in [4.78, 5) is 2.36. The smallest absolute Gasteiger partial charge is 0.0503 e. The van der Waals surface area contributed by atoms with E-state index in [4.69, 9.17) is 11.6 Å². The van der Waals surface area contributed by atoms with Crippen molar-refractivity contribution in [1.82, 2.24) is 14.8 Å². The van der Waals surface area contributed by atoms with Gasteiger partial charge in [0.1, 0.15) is 0 Å². The highest BCUT2D eigenvalue weighted by Gasteiger charge is 2.22. The molecule has 2 aromatic rings. The first-order valence-corrected chi connectivity index (χ1v) is 6.70. The summed E-state index contributed by atoms with van der Waals surface area (Å²) in [6.45, 7) is 3.17. The molecule has 1 aromatic heterocycles. The largest absolute Gasteiger partial charge is 0.350 e. The molecule has 1 aliphatic rings. The molecule has 96 valence electrons. The highest BCUT2D eigenvalue weighted by molar-refractivity contribution is 6.35. The van der Waals surface area contributed by atoms with E-state index >= 15 is 0 Å². The van der Waals surface area contributed by atoms with Gasteiger partial charge in [0.15, 0.2) is 0 Å². The molecule has 1 aromatic carbocycles. The lowest BCUT2D eigenvalue weighted by Crippen LogP contribution is -2.43. The maximum atomic E-state index is 6.38. The zero-order valence-corrected chi connectivity index (χ0v) is 11.5. The standard InChI is InChI=1S/C14H18ClN3/c1-17-7-6-16-12(9-17)10-8-18(2)13-5-3-4-11(15)14(10)13/h3-5,8,12,16H,6-7,9H2,1-2H3. The Hall–Kier alpha value is -1.03. The highest BCUT2D eigenvalue weighted by atomic mass is 35.5. The number of fused-ring (bicyclic) bond motifs is 1. The topological polar surface area (TPSA) is 20.2 Å². The van der Waals surface area contributed by atoms with Gasteiger partial charge in [0.2, 0.25) is 0 Å². The van der Waals surface area contributed by atoms with Gasteiger partial charge in [-0.25, -0.2) is 0 Å². The molecule has 0 amide bonds. The van der Waals surface area contributed by atoms with E-state index < -0.39 is 0 Å². The molecule has 2 heterocycles. The van der Waals surface area contributed by atoms with Gasteiger partial charge in [0.25, 0.3) is 0 Å². The van der Waals surface area contributed by atoms with E-state index in [1.807, 2.05) is 12.1 Å². The summed E-state index contributed by atoms with van der Waals surface area (Å²) in [5, 5.41) is 5.62. The zero-order valence-electron chi connectivity index (χ0n) is 10.8. The number of aryl methyl sites for hydroxylation is 1. The summed E-state index contributed by atoms with van der Waals surface area (Å²) < 4.78 is 2.16. The molecule has 3 nitrogen and oxygen atoms in total. The molecule has 1 aliphatic heterocycles. The Kier molecular flexibility index (Phi) is 3.06. The maximum Gasteiger partial charge on any atom is 0.0503 e. The van der Waals surface area contributed by atoms with Crippen LogP contribution in [0, 0.1) is 0 Å². The van der Waals surface area contributed by atoms with Gasteiger partial charge >= 0.3 is 0 Å². The Balaban J connectivity index is 2.11. The van der Waals surface area contributed by atoms with Gasteiger partial charge in [0.05, 0.1) is 5.02 Å². The molecule has 1 saturated heterocycles. The SMILES string of the molecule is CN1CCNC(c2cn(C)c3cccc(Cl)c23)C1. The van der Waals surface area contributed by atoms with E-state index in [-0.39, 0.29) is 0 Å². The number of likely N-dealkylation sites (N-methyl/N-ethyl adjacent to an activating group) is 1. The molecule has 1 N–H and O–H groups in total. The predicted molar refractivity (Wildman–Crippen MR) is 76.2 cm³/mol. The monoisotopic (exact) mass is 263 g/mol. The number of halogens is 1. The number of hydrogen-bond acceptors (Lipinski definition) is 2. The van der Waals surface area contributed by atoms with E-state index in [1.165, 1.54) is 16.5 Å². The van der Waals surface area contributed by atoms with Crippen LogP contribution in [0.3, 0.4) is 0 Å². The van der Waals surface area contributed by atoms with Gasteiger partial charge < -0.3 is 14.8 Å². The summed E-state index contributed by atoms with van der Waals surface area (Å²) in [5.41, 5.74) is 2.51. The Bertz CT molecular complexity index is 576. The van der Waals surface area contributed by atoms with E-state index in [9.17, 15) is 0 Å². The summed E-state index contributed by atoms with van der Waals surface area (Å²) >= 11 is 6.38. The second-order valence-electron chi connectivity index (χ2n) is 5.10. The van der Waals surface area contributed by atoms with Crippen LogP contribution in [0.5, 0.6) is 0 Å². The Morgan fingerprint density at radius 2 is 2.17 bits per heavy atom. The number of hydrogen-bond donors (Lipinski definition) is 1. The lowest BCUT2D eigenvalue weighted by Gasteiger charge is -2.30. The van der Waals surface area contributed by atoms with Crippen molar-refractivity contribution < 1.29 is 0 Å². The molecule has 0 spiro atoms. The van der Waals surface area contributed by atoms with Crippen molar-refractivity contribution in [3.05, 3.63) is 35.0 Å². The third-order valence-electron chi connectivity index (χ3n) is 3.75. The van der Waals surface area contributed by atoms with Crippen LogP contribution in [-0.4, -0.2) is 36.1 Å². The first kappa shape index (κ1) is 12.0. The summed E-state index contributed by atoms with van der Waals surface area (Å²) in [7, 11) is 4.25. The molecular formula is C14H18ClN3. The van der Waals surface area contributed by atoms with Crippen LogP contribution >= 0.6 is 11.6 Å². The molecule has 0 bridgehead atoms. The van der Waals surface area contributed by atoms with E-state index in [2.05, 4.69) is 41.1 Å². The fourth-order valence-electron chi connectivity index (χ4n) is 2.80. The van der Waals surface area contributed by atoms with Crippen LogP contribution in [0.4, 0.5) is 0 Å². The lowest BCUT2D eigenvalue weighted by atomic mass is 10.0. The molecule has 1 atom stereocenters. The van der Waals surface area contributed by atoms with E-state index in [1.54, 1.807) is 0 Å². The fourth-order valence-corrected chi connectivity index (χ4v) is 3.08. The highest BCUT2D eigenvalue weighted by Crippen LogP contribution is 2.32. The number of benzene rings is 1. The third-order valence-corrected chi connectivity index (χ3v) is 4.06. The lowest BCUT2D eigenvalue weighted by molar-refractivity contribution is 0.241. The van der Waals surface area contributed by atoms with Gasteiger partial charge in [-0.05, 0) is 24.7 Å². The van der Waals surface area contributed by atoms with Crippen LogP contribution in [0.1, 0.15) is 11.6 Å². The molecular weight excluding hydrogens is 246 g/mol. The van der Waals surface area contributed by atoms with Crippen LogP contribution in [0.15, 0.2) is 24.4 Å². The average molecular weight is 264 g/mol. The summed E-state index contributed by atoms with van der Waals surface area (Å²) in [5.74, 6) is 0. The predicted octanol–water partition coefficient (Wildman–Crippen LogP) is 2.41. The van der Waals surface area contributed by atoms with Crippen molar-refractivity contribution in [2.75, 3.05) is 26.7 Å². The zero-order chi connectivity index (χ0) is 12.7. The number of nitrogens with zero attached hydrogens (tertiary/aromatic N) is 2. The minimum Gasteiger partial charge on any atom is -0.350 e. The molecule has 0 aliphatic carbocycles. The number of piperazine rings is 1. The number of aromatic nitrogens is 1. The van der Waals surface area contributed by atoms with Crippen molar-refractivity contribution in [3.63, 3.8) is 0 Å². The fraction of sp³-hybridized carbons (Fsp3) is 0.429. The van der Waals surface area contributed by atoms with Crippen LogP contribution < -0.4 is 5.32 Å². The minimum atomic E-state index is 0.368. The van der Waals surface area contributed by atoms with Crippen molar-refractivity contribution in [2.45, 2.75) is 6.04 Å². The molecule has 3 rings (SSSR count). The van der Waals surface area contributed by atoms with Gasteiger partial charge in [-0.2, -0.15) is 0 Å². The van der Waals surface area contributed by atoms with Gasteiger partial charge in [-0.3, -0.25) is 0 Å². The van der Waals surface area contributed by atoms with Crippen LogP contribution in [-0.2, 0) is 7.05 Å². The minimum absolute atomic E-state index is 0.368. The van der Waals surface area contributed by atoms with Gasteiger partial charge in [0, 0.05) is 49.8 Å². The van der Waals surface area contributed by atoms with E-state index in [0.29, 0.717) is 6.04 Å². The average Bonchev–Trinajstić information content (AvgIpc) is 2.69. The molecule has 1 fully saturated rings. The van der Waals surface area contributed by atoms with Crippen molar-refractivity contribution in [3.8, 4) is 0 Å². The normalized spacial score (nSPS) is 21.6.